The molecule has 0 bridgehead atoms. The number of nitrogens with one attached hydrogen (secondary N) is 1. The Bertz CT molecular complexity index is 1360. The second kappa shape index (κ2) is 10.5. The summed E-state index contributed by atoms with van der Waals surface area (Å²) in [6.07, 6.45) is 5.42. The Morgan fingerprint density at radius 1 is 1.03 bits per heavy atom. The molecule has 5 rings (SSSR count). The topological polar surface area (TPSA) is 72.4 Å². The molecule has 0 unspecified atom stereocenters. The lowest BCUT2D eigenvalue weighted by molar-refractivity contribution is 0.181. The quantitative estimate of drug-likeness (QED) is 0.369. The number of aromatic amines is 1. The van der Waals surface area contributed by atoms with Crippen LogP contribution in [-0.4, -0.2) is 45.7 Å². The van der Waals surface area contributed by atoms with Gasteiger partial charge in [-0.05, 0) is 68.1 Å². The van der Waals surface area contributed by atoms with Crippen molar-refractivity contribution >= 4 is 11.0 Å². The van der Waals surface area contributed by atoms with Crippen LogP contribution in [-0.2, 0) is 6.54 Å². The van der Waals surface area contributed by atoms with Gasteiger partial charge >= 0.3 is 0 Å². The van der Waals surface area contributed by atoms with Gasteiger partial charge in [0.05, 0.1) is 30.6 Å². The van der Waals surface area contributed by atoms with Crippen LogP contribution in [0.15, 0.2) is 59.8 Å². The number of H-pyrrole nitrogens is 1. The zero-order valence-corrected chi connectivity index (χ0v) is 20.7. The molecule has 0 saturated carbocycles. The van der Waals surface area contributed by atoms with Crippen molar-refractivity contribution in [2.24, 2.45) is 0 Å². The molecule has 0 spiro atoms. The first-order valence-electron chi connectivity index (χ1n) is 12.5. The predicted octanol–water partition coefficient (Wildman–Crippen LogP) is 5.17. The van der Waals surface area contributed by atoms with Crippen LogP contribution in [0, 0.1) is 5.82 Å². The monoisotopic (exact) mass is 490 g/mol. The highest BCUT2D eigenvalue weighted by Crippen LogP contribution is 2.40. The van der Waals surface area contributed by atoms with Crippen molar-refractivity contribution in [1.82, 2.24) is 19.4 Å². The van der Waals surface area contributed by atoms with E-state index in [4.69, 9.17) is 9.47 Å². The van der Waals surface area contributed by atoms with Crippen molar-refractivity contribution in [3.63, 3.8) is 0 Å². The standard InChI is InChI=1S/C28H31FN4O3/c1-3-35-24-15-19(16-25(36-4-2)26(24)20-5-7-21(29)8-6-20)17-32-13-10-22(11-14-32)33-18-31-27-23(33)9-12-30-28(27)34/h5-9,12,15-16,18,22H,3-4,10-11,13-14,17H2,1-2H3,(H,30,34). The van der Waals surface area contributed by atoms with Gasteiger partial charge < -0.3 is 19.0 Å². The lowest BCUT2D eigenvalue weighted by Gasteiger charge is -2.33. The fourth-order valence-corrected chi connectivity index (χ4v) is 5.06. The number of hydrogen-bond donors (Lipinski definition) is 1. The molecule has 0 atom stereocenters. The first-order valence-corrected chi connectivity index (χ1v) is 12.5. The third kappa shape index (κ3) is 4.86. The van der Waals surface area contributed by atoms with E-state index < -0.39 is 0 Å². The Hall–Kier alpha value is -3.65. The third-order valence-corrected chi connectivity index (χ3v) is 6.72. The zero-order chi connectivity index (χ0) is 25.1. The van der Waals surface area contributed by atoms with Gasteiger partial charge in [0.1, 0.15) is 17.3 Å². The molecule has 0 aliphatic carbocycles. The highest BCUT2D eigenvalue weighted by atomic mass is 19.1. The molecule has 0 radical (unpaired) electrons. The van der Waals surface area contributed by atoms with Crippen molar-refractivity contribution in [2.45, 2.75) is 39.3 Å². The number of nitrogens with zero attached hydrogens (tertiary/aromatic N) is 3. The number of ether oxygens (including phenoxy) is 2. The van der Waals surface area contributed by atoms with Gasteiger partial charge in [-0.3, -0.25) is 9.69 Å². The van der Waals surface area contributed by atoms with E-state index in [2.05, 4.69) is 31.6 Å². The van der Waals surface area contributed by atoms with Crippen LogP contribution in [0.5, 0.6) is 11.5 Å². The van der Waals surface area contributed by atoms with Crippen molar-refractivity contribution in [2.75, 3.05) is 26.3 Å². The molecule has 8 heteroatoms. The maximum Gasteiger partial charge on any atom is 0.276 e. The number of rotatable bonds is 8. The van der Waals surface area contributed by atoms with E-state index in [9.17, 15) is 9.18 Å². The number of imidazole rings is 1. The molecule has 3 heterocycles. The lowest BCUT2D eigenvalue weighted by Crippen LogP contribution is -2.34. The average Bonchev–Trinajstić information content (AvgIpc) is 3.31. The molecule has 7 nitrogen and oxygen atoms in total. The molecule has 188 valence electrons. The molecule has 1 aliphatic heterocycles. The largest absolute Gasteiger partial charge is 0.493 e. The molecule has 2 aromatic heterocycles. The number of benzene rings is 2. The van der Waals surface area contributed by atoms with Gasteiger partial charge in [0, 0.05) is 31.9 Å². The van der Waals surface area contributed by atoms with Crippen molar-refractivity contribution < 1.29 is 13.9 Å². The van der Waals surface area contributed by atoms with Gasteiger partial charge in [0.2, 0.25) is 0 Å². The number of likely N-dealkylation sites (tertiary alicyclic amines) is 1. The number of halogens is 1. The summed E-state index contributed by atoms with van der Waals surface area (Å²) in [5.74, 6) is 1.22. The molecule has 1 N–H and O–H groups in total. The molecule has 4 aromatic rings. The summed E-state index contributed by atoms with van der Waals surface area (Å²) >= 11 is 0. The highest BCUT2D eigenvalue weighted by molar-refractivity contribution is 5.77. The van der Waals surface area contributed by atoms with Gasteiger partial charge in [-0.2, -0.15) is 0 Å². The average molecular weight is 491 g/mol. The number of aromatic nitrogens is 3. The van der Waals surface area contributed by atoms with Crippen LogP contribution in [0.1, 0.15) is 38.3 Å². The molecular weight excluding hydrogens is 459 g/mol. The smallest absolute Gasteiger partial charge is 0.276 e. The second-order valence-electron chi connectivity index (χ2n) is 9.04. The Balaban J connectivity index is 1.35. The second-order valence-corrected chi connectivity index (χ2v) is 9.04. The number of hydrogen-bond acceptors (Lipinski definition) is 5. The maximum atomic E-state index is 13.5. The van der Waals surface area contributed by atoms with Gasteiger partial charge in [-0.1, -0.05) is 12.1 Å². The lowest BCUT2D eigenvalue weighted by atomic mass is 9.99. The summed E-state index contributed by atoms with van der Waals surface area (Å²) in [5.41, 5.74) is 4.06. The molecule has 1 aliphatic rings. The highest BCUT2D eigenvalue weighted by Gasteiger charge is 2.23. The van der Waals surface area contributed by atoms with Gasteiger partial charge in [-0.15, -0.1) is 0 Å². The summed E-state index contributed by atoms with van der Waals surface area (Å²) in [6, 6.07) is 12.8. The van der Waals surface area contributed by atoms with E-state index in [1.807, 2.05) is 19.9 Å². The fourth-order valence-electron chi connectivity index (χ4n) is 5.06. The van der Waals surface area contributed by atoms with Gasteiger partial charge in [0.25, 0.3) is 5.56 Å². The van der Waals surface area contributed by atoms with Crippen LogP contribution in [0.3, 0.4) is 0 Å². The Morgan fingerprint density at radius 2 is 1.69 bits per heavy atom. The molecule has 2 aromatic carbocycles. The van der Waals surface area contributed by atoms with Gasteiger partial charge in [-0.25, -0.2) is 9.37 Å². The minimum atomic E-state index is -0.273. The van der Waals surface area contributed by atoms with Crippen LogP contribution < -0.4 is 15.0 Å². The SMILES string of the molecule is CCOc1cc(CN2CCC(n3cnc4c(=O)[nH]ccc43)CC2)cc(OCC)c1-c1ccc(F)cc1. The zero-order valence-electron chi connectivity index (χ0n) is 20.7. The molecule has 36 heavy (non-hydrogen) atoms. The van der Waals surface area contributed by atoms with E-state index in [1.165, 1.54) is 12.1 Å². The number of pyridine rings is 1. The van der Waals surface area contributed by atoms with Crippen LogP contribution in [0.25, 0.3) is 22.2 Å². The molecule has 1 fully saturated rings. The summed E-state index contributed by atoms with van der Waals surface area (Å²) in [4.78, 5) is 21.5. The Labute approximate surface area is 209 Å². The van der Waals surface area contributed by atoms with Crippen LogP contribution >= 0.6 is 0 Å². The molecule has 0 amide bonds. The van der Waals surface area contributed by atoms with Crippen molar-refractivity contribution in [3.05, 3.63) is 76.7 Å². The summed E-state index contributed by atoms with van der Waals surface area (Å²) in [7, 11) is 0. The first kappa shape index (κ1) is 24.1. The van der Waals surface area contributed by atoms with Crippen LogP contribution in [0.2, 0.25) is 0 Å². The number of piperidine rings is 1. The van der Waals surface area contributed by atoms with E-state index in [-0.39, 0.29) is 11.4 Å². The summed E-state index contributed by atoms with van der Waals surface area (Å²) < 4.78 is 27.7. The third-order valence-electron chi connectivity index (χ3n) is 6.72. The number of fused-ring (bicyclic) bond motifs is 1. The predicted molar refractivity (Wildman–Crippen MR) is 138 cm³/mol. The summed E-state index contributed by atoms with van der Waals surface area (Å²) in [5, 5.41) is 0. The van der Waals surface area contributed by atoms with E-state index >= 15 is 0 Å². The van der Waals surface area contributed by atoms with E-state index in [1.54, 1.807) is 24.7 Å². The normalized spacial score (nSPS) is 14.9. The minimum absolute atomic E-state index is 0.150. The van der Waals surface area contributed by atoms with E-state index in [0.29, 0.717) is 24.8 Å². The Kier molecular flexibility index (Phi) is 7.04. The van der Waals surface area contributed by atoms with Crippen molar-refractivity contribution in [1.29, 1.82) is 0 Å². The van der Waals surface area contributed by atoms with Gasteiger partial charge in [0.15, 0.2) is 5.52 Å². The fraction of sp³-hybridized carbons (Fsp3) is 0.357. The molecule has 1 saturated heterocycles. The van der Waals surface area contributed by atoms with Crippen LogP contribution in [0.4, 0.5) is 4.39 Å². The summed E-state index contributed by atoms with van der Waals surface area (Å²) in [6.45, 7) is 7.61. The first-order chi connectivity index (χ1) is 17.6. The minimum Gasteiger partial charge on any atom is -0.493 e. The maximum absolute atomic E-state index is 13.5. The van der Waals surface area contributed by atoms with Crippen molar-refractivity contribution in [3.8, 4) is 22.6 Å². The van der Waals surface area contributed by atoms with E-state index in [0.717, 1.165) is 66.2 Å². The molecular formula is C28H31FN4O3. The Morgan fingerprint density at radius 3 is 2.33 bits per heavy atom.